The van der Waals surface area contributed by atoms with E-state index in [-0.39, 0.29) is 34.0 Å². The van der Waals surface area contributed by atoms with Crippen molar-refractivity contribution in [3.63, 3.8) is 0 Å². The Kier molecular flexibility index (Phi) is 6.22. The fourth-order valence-electron chi connectivity index (χ4n) is 3.87. The van der Waals surface area contributed by atoms with Gasteiger partial charge in [-0.1, -0.05) is 11.6 Å². The molecule has 6 nitrogen and oxygen atoms in total. The van der Waals surface area contributed by atoms with Gasteiger partial charge >= 0.3 is 6.18 Å². The molecule has 34 heavy (non-hydrogen) atoms. The molecule has 1 heterocycles. The van der Waals surface area contributed by atoms with Gasteiger partial charge in [0.2, 0.25) is 0 Å². The maximum Gasteiger partial charge on any atom is 0.416 e. The van der Waals surface area contributed by atoms with Crippen LogP contribution in [0, 0.1) is 0 Å². The van der Waals surface area contributed by atoms with Gasteiger partial charge in [0.25, 0.3) is 11.5 Å². The van der Waals surface area contributed by atoms with Crippen molar-refractivity contribution in [1.82, 2.24) is 4.57 Å². The number of nitrogens with zero attached hydrogens (tertiary/aromatic N) is 1. The summed E-state index contributed by atoms with van der Waals surface area (Å²) in [6.45, 7) is 0. The molecule has 176 valence electrons. The van der Waals surface area contributed by atoms with Crippen molar-refractivity contribution in [2.75, 3.05) is 12.4 Å². The molecule has 0 aliphatic heterocycles. The summed E-state index contributed by atoms with van der Waals surface area (Å²) < 4.78 is 45.2. The van der Waals surface area contributed by atoms with Crippen LogP contribution < -0.4 is 15.6 Å². The van der Waals surface area contributed by atoms with E-state index in [4.69, 9.17) is 16.3 Å². The van der Waals surface area contributed by atoms with Gasteiger partial charge in [0, 0.05) is 29.1 Å². The van der Waals surface area contributed by atoms with Gasteiger partial charge in [0.15, 0.2) is 5.78 Å². The minimum Gasteiger partial charge on any atom is -0.495 e. The molecule has 4 rings (SSSR count). The van der Waals surface area contributed by atoms with Gasteiger partial charge < -0.3 is 10.1 Å². The first-order valence-electron chi connectivity index (χ1n) is 10.2. The molecule has 0 radical (unpaired) electrons. The van der Waals surface area contributed by atoms with Crippen LogP contribution in [0.3, 0.4) is 0 Å². The van der Waals surface area contributed by atoms with E-state index < -0.39 is 23.2 Å². The number of rotatable bonds is 4. The molecule has 1 N–H and O–H groups in total. The standard InChI is InChI=1S/C24H18ClF3N2O4/c1-34-21-10-7-14(11-18(21)25)29-22(32)17-12-16-19(3-2-4-20(16)31)30(23(17)33)15-8-5-13(6-9-15)24(26,27)28/h5-12H,2-4H2,1H3,(H,29,32). The molecule has 0 atom stereocenters. The molecule has 0 bridgehead atoms. The van der Waals surface area contributed by atoms with Crippen LogP contribution in [0.15, 0.2) is 53.3 Å². The number of halogens is 4. The second kappa shape index (κ2) is 8.98. The fraction of sp³-hybridized carbons (Fsp3) is 0.208. The second-order valence-electron chi connectivity index (χ2n) is 7.68. The van der Waals surface area contributed by atoms with E-state index in [0.29, 0.717) is 30.0 Å². The number of amides is 1. The predicted molar refractivity (Wildman–Crippen MR) is 120 cm³/mol. The first-order valence-corrected chi connectivity index (χ1v) is 10.6. The number of hydrogen-bond acceptors (Lipinski definition) is 4. The number of methoxy groups -OCH3 is 1. The van der Waals surface area contributed by atoms with Crippen LogP contribution in [-0.4, -0.2) is 23.4 Å². The number of aromatic nitrogens is 1. The zero-order valence-corrected chi connectivity index (χ0v) is 18.6. The molecule has 1 aliphatic carbocycles. The van der Waals surface area contributed by atoms with Crippen LogP contribution in [0.2, 0.25) is 5.02 Å². The number of ketones is 1. The highest BCUT2D eigenvalue weighted by Crippen LogP contribution is 2.31. The van der Waals surface area contributed by atoms with Gasteiger partial charge in [-0.2, -0.15) is 13.2 Å². The lowest BCUT2D eigenvalue weighted by atomic mass is 9.92. The molecule has 1 aliphatic rings. The molecule has 10 heteroatoms. The number of alkyl halides is 3. The number of carbonyl (C=O) groups is 2. The van der Waals surface area contributed by atoms with Gasteiger partial charge in [-0.15, -0.1) is 0 Å². The number of nitrogens with one attached hydrogen (secondary N) is 1. The predicted octanol–water partition coefficient (Wildman–Crippen LogP) is 5.29. The van der Waals surface area contributed by atoms with Gasteiger partial charge in [-0.05, 0) is 61.4 Å². The van der Waals surface area contributed by atoms with Gasteiger partial charge in [-0.3, -0.25) is 19.0 Å². The topological polar surface area (TPSA) is 77.4 Å². The lowest BCUT2D eigenvalue weighted by Gasteiger charge is -2.22. The molecule has 0 fully saturated rings. The normalized spacial score (nSPS) is 13.4. The quantitative estimate of drug-likeness (QED) is 0.539. The van der Waals surface area contributed by atoms with Crippen molar-refractivity contribution >= 4 is 29.0 Å². The van der Waals surface area contributed by atoms with Crippen LogP contribution in [-0.2, 0) is 12.6 Å². The first-order chi connectivity index (χ1) is 16.1. The molecule has 0 saturated carbocycles. The van der Waals surface area contributed by atoms with E-state index in [1.165, 1.54) is 31.4 Å². The van der Waals surface area contributed by atoms with E-state index in [2.05, 4.69) is 5.32 Å². The number of pyridine rings is 1. The SMILES string of the molecule is COc1ccc(NC(=O)c2cc3c(n(-c4ccc(C(F)(F)F)cc4)c2=O)CCCC3=O)cc1Cl. The molecular formula is C24H18ClF3N2O4. The minimum absolute atomic E-state index is 0.131. The first kappa shape index (κ1) is 23.6. The van der Waals surface area contributed by atoms with Crippen molar-refractivity contribution < 1.29 is 27.5 Å². The summed E-state index contributed by atoms with van der Waals surface area (Å²) >= 11 is 6.09. The number of carbonyl (C=O) groups excluding carboxylic acids is 2. The van der Waals surface area contributed by atoms with Crippen molar-refractivity contribution in [2.45, 2.75) is 25.4 Å². The second-order valence-corrected chi connectivity index (χ2v) is 8.09. The van der Waals surface area contributed by atoms with Gasteiger partial charge in [0.1, 0.15) is 11.3 Å². The summed E-state index contributed by atoms with van der Waals surface area (Å²) in [5.74, 6) is -0.639. The maximum atomic E-state index is 13.4. The Hall–Kier alpha value is -3.59. The maximum absolute atomic E-state index is 13.4. The zero-order valence-electron chi connectivity index (χ0n) is 17.8. The van der Waals surface area contributed by atoms with Gasteiger partial charge in [0.05, 0.1) is 17.7 Å². The summed E-state index contributed by atoms with van der Waals surface area (Å²) in [6.07, 6.45) is -3.44. The van der Waals surface area contributed by atoms with Crippen LogP contribution >= 0.6 is 11.6 Å². The number of fused-ring (bicyclic) bond motifs is 1. The average molecular weight is 491 g/mol. The fourth-order valence-corrected chi connectivity index (χ4v) is 4.13. The highest BCUT2D eigenvalue weighted by atomic mass is 35.5. The van der Waals surface area contributed by atoms with E-state index in [9.17, 15) is 27.6 Å². The van der Waals surface area contributed by atoms with Gasteiger partial charge in [-0.25, -0.2) is 0 Å². The van der Waals surface area contributed by atoms with Crippen molar-refractivity contribution in [1.29, 1.82) is 0 Å². The minimum atomic E-state index is -4.54. The molecule has 0 saturated heterocycles. The zero-order chi connectivity index (χ0) is 24.6. The molecule has 1 amide bonds. The Morgan fingerprint density at radius 1 is 1.06 bits per heavy atom. The number of ether oxygens (including phenoxy) is 1. The molecule has 3 aromatic rings. The summed E-state index contributed by atoms with van der Waals surface area (Å²) in [5, 5.41) is 2.81. The third-order valence-electron chi connectivity index (χ3n) is 5.53. The lowest BCUT2D eigenvalue weighted by Crippen LogP contribution is -2.33. The van der Waals surface area contributed by atoms with Crippen LogP contribution in [0.5, 0.6) is 5.75 Å². The van der Waals surface area contributed by atoms with E-state index in [1.807, 2.05) is 0 Å². The number of hydrogen-bond donors (Lipinski definition) is 1. The van der Waals surface area contributed by atoms with Crippen molar-refractivity contribution in [3.8, 4) is 11.4 Å². The Morgan fingerprint density at radius 3 is 2.38 bits per heavy atom. The highest BCUT2D eigenvalue weighted by Gasteiger charge is 2.31. The van der Waals surface area contributed by atoms with E-state index in [1.54, 1.807) is 0 Å². The van der Waals surface area contributed by atoms with Crippen LogP contribution in [0.1, 0.15) is 44.8 Å². The third kappa shape index (κ3) is 4.43. The highest BCUT2D eigenvalue weighted by molar-refractivity contribution is 6.32. The Morgan fingerprint density at radius 2 is 1.76 bits per heavy atom. The molecule has 0 unspecified atom stereocenters. The van der Waals surface area contributed by atoms with Crippen molar-refractivity contribution in [3.05, 3.63) is 86.3 Å². The summed E-state index contributed by atoms with van der Waals surface area (Å²) in [6, 6.07) is 9.75. The van der Waals surface area contributed by atoms with E-state index in [0.717, 1.165) is 28.8 Å². The molecule has 2 aromatic carbocycles. The van der Waals surface area contributed by atoms with E-state index >= 15 is 0 Å². The monoisotopic (exact) mass is 490 g/mol. The van der Waals surface area contributed by atoms with Crippen molar-refractivity contribution in [2.24, 2.45) is 0 Å². The van der Waals surface area contributed by atoms with Crippen LogP contribution in [0.25, 0.3) is 5.69 Å². The molecule has 0 spiro atoms. The number of benzene rings is 2. The number of Topliss-reactive ketones (excluding diaryl/α,β-unsaturated/α-hetero) is 1. The Bertz CT molecular complexity index is 1350. The molecular weight excluding hydrogens is 473 g/mol. The summed E-state index contributed by atoms with van der Waals surface area (Å²) in [5.41, 5.74) is -0.953. The lowest BCUT2D eigenvalue weighted by molar-refractivity contribution is -0.137. The third-order valence-corrected chi connectivity index (χ3v) is 5.82. The smallest absolute Gasteiger partial charge is 0.416 e. The number of anilines is 1. The largest absolute Gasteiger partial charge is 0.495 e. The summed E-state index contributed by atoms with van der Waals surface area (Å²) in [7, 11) is 1.44. The van der Waals surface area contributed by atoms with Crippen LogP contribution in [0.4, 0.5) is 18.9 Å². The Balaban J connectivity index is 1.81. The summed E-state index contributed by atoms with van der Waals surface area (Å²) in [4.78, 5) is 38.9. The Labute approximate surface area is 196 Å². The molecule has 1 aromatic heterocycles. The average Bonchev–Trinajstić information content (AvgIpc) is 2.78.